The number of carbonyl (C=O) groups is 2. The molecule has 1 aliphatic heterocycles. The van der Waals surface area contributed by atoms with Gasteiger partial charge >= 0.3 is 0 Å². The summed E-state index contributed by atoms with van der Waals surface area (Å²) >= 11 is 0. The van der Waals surface area contributed by atoms with Gasteiger partial charge in [-0.25, -0.2) is 13.8 Å². The monoisotopic (exact) mass is 547 g/mol. The second-order valence-electron chi connectivity index (χ2n) is 10.1. The van der Waals surface area contributed by atoms with Crippen molar-refractivity contribution in [2.45, 2.75) is 51.6 Å². The van der Waals surface area contributed by atoms with Crippen LogP contribution < -0.4 is 10.6 Å². The summed E-state index contributed by atoms with van der Waals surface area (Å²) in [6.45, 7) is 4.51. The molecule has 4 aromatic rings. The number of carbonyl (C=O) groups excluding carboxylic acids is 2. The molecule has 0 atom stereocenters. The molecule has 1 aromatic carbocycles. The number of nitrogens with one attached hydrogen (secondary N) is 3. The first-order valence-electron chi connectivity index (χ1n) is 13.4. The van der Waals surface area contributed by atoms with Gasteiger partial charge in [-0.1, -0.05) is 19.9 Å². The van der Waals surface area contributed by atoms with E-state index in [1.165, 1.54) is 6.20 Å². The van der Waals surface area contributed by atoms with Crippen LogP contribution in [0.1, 0.15) is 59.7 Å². The van der Waals surface area contributed by atoms with E-state index in [9.17, 15) is 18.4 Å². The topological polar surface area (TPSA) is 116 Å². The van der Waals surface area contributed by atoms with E-state index < -0.39 is 11.8 Å². The minimum absolute atomic E-state index is 0.0860. The molecule has 0 radical (unpaired) electrons. The van der Waals surface area contributed by atoms with Crippen LogP contribution in [0.3, 0.4) is 0 Å². The first-order valence-corrected chi connectivity index (χ1v) is 13.4. The number of fused-ring (bicyclic) bond motifs is 1. The summed E-state index contributed by atoms with van der Waals surface area (Å²) in [5.74, 6) is -3.33. The van der Waals surface area contributed by atoms with Gasteiger partial charge in [-0.15, -0.1) is 0 Å². The van der Waals surface area contributed by atoms with Crippen LogP contribution >= 0.6 is 0 Å². The molecule has 4 heterocycles. The second-order valence-corrected chi connectivity index (χ2v) is 10.1. The van der Waals surface area contributed by atoms with Gasteiger partial charge in [0.05, 0.1) is 23.9 Å². The zero-order valence-electron chi connectivity index (χ0n) is 22.4. The lowest BCUT2D eigenvalue weighted by atomic mass is 10.0. The highest BCUT2D eigenvalue weighted by atomic mass is 19.3. The summed E-state index contributed by atoms with van der Waals surface area (Å²) < 4.78 is 27.2. The Hall–Kier alpha value is -4.25. The number of hydrogen-bond acceptors (Lipinski definition) is 6. The van der Waals surface area contributed by atoms with Crippen molar-refractivity contribution < 1.29 is 18.4 Å². The number of likely N-dealkylation sites (tertiary alicyclic amines) is 1. The Balaban J connectivity index is 1.30. The molecule has 1 saturated heterocycles. The van der Waals surface area contributed by atoms with Gasteiger partial charge in [0.25, 0.3) is 17.7 Å². The zero-order valence-corrected chi connectivity index (χ0v) is 22.4. The fourth-order valence-electron chi connectivity index (χ4n) is 4.84. The molecule has 0 unspecified atom stereocenters. The number of benzene rings is 1. The summed E-state index contributed by atoms with van der Waals surface area (Å²) in [6.07, 6.45) is 6.36. The normalized spacial score (nSPS) is 15.0. The number of anilines is 1. The molecular weight excluding hydrogens is 516 g/mol. The number of alkyl halides is 2. The van der Waals surface area contributed by atoms with Crippen LogP contribution in [0.2, 0.25) is 0 Å². The molecule has 3 aromatic heterocycles. The Morgan fingerprint density at radius 2 is 1.88 bits per heavy atom. The molecule has 1 aliphatic rings. The van der Waals surface area contributed by atoms with Gasteiger partial charge in [-0.2, -0.15) is 5.10 Å². The van der Waals surface area contributed by atoms with Crippen LogP contribution in [-0.4, -0.2) is 61.9 Å². The fraction of sp³-hybridized carbons (Fsp3) is 0.345. The van der Waals surface area contributed by atoms with Crippen molar-refractivity contribution in [1.82, 2.24) is 30.4 Å². The minimum atomic E-state index is -2.64. The second kappa shape index (κ2) is 11.5. The number of aromatic nitrogens is 4. The standard InChI is InChI=1S/C29H31F2N7O2/c1-3-21(4-2)34-27(39)25-8-6-22(15-33-25)35-28(40)26-23-12-19(5-7-24(23)36-37-26)20-11-18(13-32-14-20)16-38-10-9-29(30,31)17-38/h5-8,11-15,21H,3-4,9-10,16-17H2,1-2H3,(H,34,39)(H,35,40)(H,36,37). The van der Waals surface area contributed by atoms with Crippen molar-refractivity contribution in [1.29, 1.82) is 0 Å². The van der Waals surface area contributed by atoms with Crippen LogP contribution in [0.15, 0.2) is 55.0 Å². The summed E-state index contributed by atoms with van der Waals surface area (Å²) in [5, 5.41) is 13.4. The third-order valence-corrected chi connectivity index (χ3v) is 7.14. The van der Waals surface area contributed by atoms with Crippen LogP contribution in [-0.2, 0) is 6.54 Å². The maximum Gasteiger partial charge on any atom is 0.276 e. The number of aromatic amines is 1. The number of rotatable bonds is 9. The lowest BCUT2D eigenvalue weighted by Gasteiger charge is -2.15. The van der Waals surface area contributed by atoms with Crippen LogP contribution in [0.4, 0.5) is 14.5 Å². The fourth-order valence-corrected chi connectivity index (χ4v) is 4.84. The van der Waals surface area contributed by atoms with E-state index in [0.29, 0.717) is 29.7 Å². The number of pyridine rings is 2. The van der Waals surface area contributed by atoms with E-state index >= 15 is 0 Å². The van der Waals surface area contributed by atoms with E-state index in [2.05, 4.69) is 30.8 Å². The van der Waals surface area contributed by atoms with Crippen molar-refractivity contribution in [2.75, 3.05) is 18.4 Å². The number of hydrogen-bond donors (Lipinski definition) is 3. The molecule has 9 nitrogen and oxygen atoms in total. The van der Waals surface area contributed by atoms with E-state index in [1.807, 2.05) is 38.1 Å². The van der Waals surface area contributed by atoms with Crippen molar-refractivity contribution in [3.63, 3.8) is 0 Å². The van der Waals surface area contributed by atoms with Crippen LogP contribution in [0.5, 0.6) is 0 Å². The molecule has 208 valence electrons. The van der Waals surface area contributed by atoms with Gasteiger partial charge in [0.2, 0.25) is 0 Å². The third-order valence-electron chi connectivity index (χ3n) is 7.14. The minimum Gasteiger partial charge on any atom is -0.348 e. The Kier molecular flexibility index (Phi) is 7.83. The summed E-state index contributed by atoms with van der Waals surface area (Å²) in [7, 11) is 0. The van der Waals surface area contributed by atoms with Gasteiger partial charge < -0.3 is 10.6 Å². The highest BCUT2D eigenvalue weighted by molar-refractivity contribution is 6.11. The number of H-pyrrole nitrogens is 1. The average molecular weight is 548 g/mol. The van der Waals surface area contributed by atoms with E-state index in [4.69, 9.17) is 0 Å². The molecule has 0 spiro atoms. The largest absolute Gasteiger partial charge is 0.348 e. The third kappa shape index (κ3) is 6.15. The van der Waals surface area contributed by atoms with Crippen molar-refractivity contribution in [3.8, 4) is 11.1 Å². The molecule has 0 aliphatic carbocycles. The average Bonchev–Trinajstić information content (AvgIpc) is 3.53. The summed E-state index contributed by atoms with van der Waals surface area (Å²) in [5.41, 5.74) is 4.06. The van der Waals surface area contributed by atoms with E-state index in [-0.39, 0.29) is 36.3 Å². The Morgan fingerprint density at radius 3 is 2.58 bits per heavy atom. The van der Waals surface area contributed by atoms with Crippen molar-refractivity contribution in [3.05, 3.63) is 71.9 Å². The molecule has 5 rings (SSSR count). The number of nitrogens with zero attached hydrogens (tertiary/aromatic N) is 4. The lowest BCUT2D eigenvalue weighted by molar-refractivity contribution is 0.0115. The predicted octanol–water partition coefficient (Wildman–Crippen LogP) is 5.03. The predicted molar refractivity (Wildman–Crippen MR) is 148 cm³/mol. The Bertz CT molecular complexity index is 1520. The van der Waals surface area contributed by atoms with Crippen molar-refractivity contribution in [2.24, 2.45) is 0 Å². The zero-order chi connectivity index (χ0) is 28.3. The Labute approximate surface area is 230 Å². The molecular formula is C29H31F2N7O2. The van der Waals surface area contributed by atoms with Crippen LogP contribution in [0.25, 0.3) is 22.0 Å². The highest BCUT2D eigenvalue weighted by Gasteiger charge is 2.37. The maximum atomic E-state index is 13.6. The van der Waals surface area contributed by atoms with E-state index in [0.717, 1.165) is 29.5 Å². The van der Waals surface area contributed by atoms with Gasteiger partial charge in [-0.3, -0.25) is 24.6 Å². The number of halogens is 2. The maximum absolute atomic E-state index is 13.6. The first-order chi connectivity index (χ1) is 19.2. The molecule has 11 heteroatoms. The summed E-state index contributed by atoms with van der Waals surface area (Å²) in [6, 6.07) is 10.8. The molecule has 0 bridgehead atoms. The van der Waals surface area contributed by atoms with Gasteiger partial charge in [0, 0.05) is 48.9 Å². The molecule has 40 heavy (non-hydrogen) atoms. The van der Waals surface area contributed by atoms with Gasteiger partial charge in [0.15, 0.2) is 5.69 Å². The Morgan fingerprint density at radius 1 is 1.05 bits per heavy atom. The number of amides is 2. The van der Waals surface area contributed by atoms with Gasteiger partial charge in [0.1, 0.15) is 5.69 Å². The summed E-state index contributed by atoms with van der Waals surface area (Å²) in [4.78, 5) is 35.7. The quantitative estimate of drug-likeness (QED) is 0.271. The SMILES string of the molecule is CCC(CC)NC(=O)c1ccc(NC(=O)c2n[nH]c3ccc(-c4cncc(CN5CCC(F)(F)C5)c4)cc23)cn1. The van der Waals surface area contributed by atoms with Crippen molar-refractivity contribution >= 4 is 28.4 Å². The molecule has 3 N–H and O–H groups in total. The molecule has 0 saturated carbocycles. The van der Waals surface area contributed by atoms with E-state index in [1.54, 1.807) is 29.4 Å². The van der Waals surface area contributed by atoms with Crippen LogP contribution in [0, 0.1) is 0 Å². The lowest BCUT2D eigenvalue weighted by Crippen LogP contribution is -2.34. The smallest absolute Gasteiger partial charge is 0.276 e. The highest BCUT2D eigenvalue weighted by Crippen LogP contribution is 2.29. The molecule has 2 amide bonds. The molecule has 1 fully saturated rings. The van der Waals surface area contributed by atoms with Gasteiger partial charge in [-0.05, 0) is 54.3 Å². The first kappa shape index (κ1) is 27.3.